The van der Waals surface area contributed by atoms with E-state index in [1.54, 1.807) is 12.1 Å². The molecular weight excluding hydrogens is 214 g/mol. The predicted molar refractivity (Wildman–Crippen MR) is 59.9 cm³/mol. The molecule has 0 aliphatic carbocycles. The zero-order valence-corrected chi connectivity index (χ0v) is 8.99. The SMILES string of the molecule is Cc1ccccc1ON(C(=N)N)C(=O)S. The lowest BCUT2D eigenvalue weighted by molar-refractivity contribution is 0.0671. The van der Waals surface area contributed by atoms with Crippen LogP contribution in [-0.2, 0) is 0 Å². The van der Waals surface area contributed by atoms with Gasteiger partial charge in [0.05, 0.1) is 0 Å². The molecule has 80 valence electrons. The standard InChI is InChI=1S/C9H11N3O2S/c1-6-4-2-3-5-7(6)14-12(8(10)11)9(13)15/h2-5H,1H3,(H3,10,11)(H,13,15). The summed E-state index contributed by atoms with van der Waals surface area (Å²) in [5.41, 5.74) is 5.98. The smallest absolute Gasteiger partial charge is 0.318 e. The molecule has 1 amide bonds. The molecule has 0 saturated heterocycles. The first-order valence-corrected chi connectivity index (χ1v) is 4.57. The Labute approximate surface area is 92.7 Å². The largest absolute Gasteiger partial charge is 0.368 e. The molecule has 0 heterocycles. The Kier molecular flexibility index (Phi) is 3.56. The number of amides is 1. The monoisotopic (exact) mass is 225 g/mol. The van der Waals surface area contributed by atoms with Gasteiger partial charge >= 0.3 is 5.24 Å². The fourth-order valence-electron chi connectivity index (χ4n) is 0.948. The van der Waals surface area contributed by atoms with E-state index in [-0.39, 0.29) is 0 Å². The Balaban J connectivity index is 2.88. The molecule has 0 radical (unpaired) electrons. The van der Waals surface area contributed by atoms with Crippen molar-refractivity contribution in [1.82, 2.24) is 5.06 Å². The van der Waals surface area contributed by atoms with E-state index < -0.39 is 11.2 Å². The van der Waals surface area contributed by atoms with Crippen LogP contribution in [0.5, 0.6) is 5.75 Å². The lowest BCUT2D eigenvalue weighted by atomic mass is 10.2. The summed E-state index contributed by atoms with van der Waals surface area (Å²) in [7, 11) is 0. The van der Waals surface area contributed by atoms with Crippen LogP contribution in [0.3, 0.4) is 0 Å². The lowest BCUT2D eigenvalue weighted by Crippen LogP contribution is -2.41. The lowest BCUT2D eigenvalue weighted by Gasteiger charge is -2.18. The highest BCUT2D eigenvalue weighted by molar-refractivity contribution is 7.96. The first kappa shape index (κ1) is 11.4. The summed E-state index contributed by atoms with van der Waals surface area (Å²) in [4.78, 5) is 16.1. The molecule has 0 fully saturated rings. The van der Waals surface area contributed by atoms with Gasteiger partial charge in [-0.1, -0.05) is 35.9 Å². The molecule has 15 heavy (non-hydrogen) atoms. The predicted octanol–water partition coefficient (Wildman–Crippen LogP) is 1.53. The summed E-state index contributed by atoms with van der Waals surface area (Å²) >= 11 is 3.54. The van der Waals surface area contributed by atoms with Gasteiger partial charge in [-0.25, -0.2) is 0 Å². The number of hydrogen-bond donors (Lipinski definition) is 3. The van der Waals surface area contributed by atoms with Crippen LogP contribution in [0.4, 0.5) is 4.79 Å². The van der Waals surface area contributed by atoms with E-state index in [1.165, 1.54) is 0 Å². The number of hydrogen-bond acceptors (Lipinski definition) is 3. The molecule has 0 unspecified atom stereocenters. The quantitative estimate of drug-likeness (QED) is 0.309. The summed E-state index contributed by atoms with van der Waals surface area (Å²) in [5, 5.41) is 6.97. The highest BCUT2D eigenvalue weighted by Crippen LogP contribution is 2.17. The van der Waals surface area contributed by atoms with E-state index in [4.69, 9.17) is 16.0 Å². The maximum Gasteiger partial charge on any atom is 0.318 e. The van der Waals surface area contributed by atoms with Crippen molar-refractivity contribution >= 4 is 23.8 Å². The number of guanidine groups is 1. The molecule has 1 aromatic carbocycles. The molecule has 0 aliphatic rings. The average Bonchev–Trinajstić information content (AvgIpc) is 2.15. The first-order valence-electron chi connectivity index (χ1n) is 4.13. The van der Waals surface area contributed by atoms with E-state index in [2.05, 4.69) is 12.6 Å². The van der Waals surface area contributed by atoms with Crippen LogP contribution in [0, 0.1) is 12.3 Å². The van der Waals surface area contributed by atoms with Crippen molar-refractivity contribution in [3.8, 4) is 5.75 Å². The zero-order valence-electron chi connectivity index (χ0n) is 8.10. The molecule has 1 aromatic rings. The molecular formula is C9H11N3O2S. The number of para-hydroxylation sites is 1. The fourth-order valence-corrected chi connectivity index (χ4v) is 1.10. The fraction of sp³-hybridized carbons (Fsp3) is 0.111. The van der Waals surface area contributed by atoms with Crippen molar-refractivity contribution < 1.29 is 9.63 Å². The summed E-state index contributed by atoms with van der Waals surface area (Å²) < 4.78 is 0. The second-order valence-electron chi connectivity index (χ2n) is 2.82. The number of nitrogens with two attached hydrogens (primary N) is 1. The number of hydroxylamine groups is 2. The maximum atomic E-state index is 10.9. The zero-order chi connectivity index (χ0) is 11.4. The van der Waals surface area contributed by atoms with Crippen molar-refractivity contribution in [3.63, 3.8) is 0 Å². The number of nitrogens with one attached hydrogen (secondary N) is 1. The van der Waals surface area contributed by atoms with Crippen LogP contribution < -0.4 is 10.6 Å². The summed E-state index contributed by atoms with van der Waals surface area (Å²) in [6.07, 6.45) is 0. The number of rotatable bonds is 2. The van der Waals surface area contributed by atoms with Crippen molar-refractivity contribution in [2.75, 3.05) is 0 Å². The molecule has 0 bridgehead atoms. The molecule has 0 spiro atoms. The molecule has 3 N–H and O–H groups in total. The third kappa shape index (κ3) is 2.88. The minimum absolute atomic E-state index is 0.454. The maximum absolute atomic E-state index is 10.9. The Morgan fingerprint density at radius 2 is 2.13 bits per heavy atom. The van der Waals surface area contributed by atoms with E-state index >= 15 is 0 Å². The number of benzene rings is 1. The number of aryl methyl sites for hydroxylation is 1. The van der Waals surface area contributed by atoms with Crippen LogP contribution in [0.15, 0.2) is 24.3 Å². The van der Waals surface area contributed by atoms with Gasteiger partial charge in [0.25, 0.3) is 0 Å². The van der Waals surface area contributed by atoms with Gasteiger partial charge in [-0.05, 0) is 18.6 Å². The second-order valence-corrected chi connectivity index (χ2v) is 3.20. The van der Waals surface area contributed by atoms with Crippen LogP contribution in [-0.4, -0.2) is 16.3 Å². The Morgan fingerprint density at radius 3 is 2.60 bits per heavy atom. The Bertz CT molecular complexity index is 381. The minimum Gasteiger partial charge on any atom is -0.368 e. The summed E-state index contributed by atoms with van der Waals surface area (Å²) in [6, 6.07) is 7.07. The van der Waals surface area contributed by atoms with Crippen molar-refractivity contribution in [2.24, 2.45) is 5.73 Å². The highest BCUT2D eigenvalue weighted by Gasteiger charge is 2.15. The Hall–Kier alpha value is -1.69. The van der Waals surface area contributed by atoms with Gasteiger partial charge in [0, 0.05) is 0 Å². The second kappa shape index (κ2) is 4.70. The summed E-state index contributed by atoms with van der Waals surface area (Å²) in [5.74, 6) is -0.0617. The van der Waals surface area contributed by atoms with Crippen molar-refractivity contribution in [1.29, 1.82) is 5.41 Å². The van der Waals surface area contributed by atoms with Gasteiger partial charge < -0.3 is 10.6 Å². The first-order chi connectivity index (χ1) is 7.02. The molecule has 0 aliphatic heterocycles. The van der Waals surface area contributed by atoms with Crippen molar-refractivity contribution in [3.05, 3.63) is 29.8 Å². The van der Waals surface area contributed by atoms with Crippen LogP contribution >= 0.6 is 12.6 Å². The molecule has 6 heteroatoms. The van der Waals surface area contributed by atoms with E-state index in [1.807, 2.05) is 19.1 Å². The third-order valence-corrected chi connectivity index (χ3v) is 1.86. The number of carbonyl (C=O) groups is 1. The van der Waals surface area contributed by atoms with Gasteiger partial charge in [-0.3, -0.25) is 10.2 Å². The van der Waals surface area contributed by atoms with E-state index in [0.717, 1.165) is 5.56 Å². The number of nitrogens with zero attached hydrogens (tertiary/aromatic N) is 1. The van der Waals surface area contributed by atoms with Gasteiger partial charge in [0.2, 0.25) is 5.96 Å². The minimum atomic E-state index is -0.745. The third-order valence-electron chi connectivity index (χ3n) is 1.68. The number of carbonyl (C=O) groups excluding carboxylic acids is 1. The average molecular weight is 225 g/mol. The number of thiol groups is 1. The van der Waals surface area contributed by atoms with Gasteiger partial charge in [-0.2, -0.15) is 0 Å². The summed E-state index contributed by atoms with van der Waals surface area (Å²) in [6.45, 7) is 1.82. The highest BCUT2D eigenvalue weighted by atomic mass is 32.1. The molecule has 5 nitrogen and oxygen atoms in total. The van der Waals surface area contributed by atoms with Crippen LogP contribution in [0.1, 0.15) is 5.56 Å². The Morgan fingerprint density at radius 1 is 1.53 bits per heavy atom. The van der Waals surface area contributed by atoms with Gasteiger partial charge in [0.1, 0.15) is 0 Å². The van der Waals surface area contributed by atoms with Crippen molar-refractivity contribution in [2.45, 2.75) is 6.92 Å². The van der Waals surface area contributed by atoms with E-state index in [9.17, 15) is 4.79 Å². The molecule has 0 saturated carbocycles. The van der Waals surface area contributed by atoms with Gasteiger partial charge in [0.15, 0.2) is 5.75 Å². The van der Waals surface area contributed by atoms with Crippen LogP contribution in [0.25, 0.3) is 0 Å². The molecule has 0 aromatic heterocycles. The molecule has 1 rings (SSSR count). The van der Waals surface area contributed by atoms with E-state index in [0.29, 0.717) is 10.8 Å². The van der Waals surface area contributed by atoms with Gasteiger partial charge in [-0.15, -0.1) is 0 Å². The molecule has 0 atom stereocenters. The normalized spacial score (nSPS) is 9.47. The van der Waals surface area contributed by atoms with Crippen LogP contribution in [0.2, 0.25) is 0 Å². The topological polar surface area (TPSA) is 79.4 Å².